The van der Waals surface area contributed by atoms with E-state index in [1.165, 1.54) is 0 Å². The van der Waals surface area contributed by atoms with Crippen LogP contribution in [-0.2, 0) is 4.79 Å². The maximum absolute atomic E-state index is 12.3. The van der Waals surface area contributed by atoms with Crippen molar-refractivity contribution >= 4 is 17.7 Å². The molecule has 5 heteroatoms. The van der Waals surface area contributed by atoms with Gasteiger partial charge in [-0.2, -0.15) is 0 Å². The molecule has 2 aromatic carbocycles. The molecule has 1 N–H and O–H groups in total. The maximum atomic E-state index is 12.3. The number of nitrogens with one attached hydrogen (secondary N) is 1. The highest BCUT2D eigenvalue weighted by Crippen LogP contribution is 2.22. The largest absolute Gasteiger partial charge is 0.354 e. The highest BCUT2D eigenvalue weighted by molar-refractivity contribution is 6.22. The van der Waals surface area contributed by atoms with Gasteiger partial charge in [0.1, 0.15) is 6.54 Å². The number of carbonyl (C=O) groups excluding carboxylic acids is 3. The van der Waals surface area contributed by atoms with Gasteiger partial charge in [0.2, 0.25) is 5.91 Å². The van der Waals surface area contributed by atoms with Gasteiger partial charge in [-0.3, -0.25) is 19.3 Å². The summed E-state index contributed by atoms with van der Waals surface area (Å²) in [5.74, 6) is -0.951. The van der Waals surface area contributed by atoms with Crippen LogP contribution in [0.4, 0.5) is 0 Å². The van der Waals surface area contributed by atoms with E-state index >= 15 is 0 Å². The molecule has 1 aliphatic rings. The lowest BCUT2D eigenvalue weighted by atomic mass is 9.96. The van der Waals surface area contributed by atoms with Crippen LogP contribution >= 0.6 is 0 Å². The van der Waals surface area contributed by atoms with Gasteiger partial charge < -0.3 is 5.32 Å². The molecule has 0 fully saturated rings. The molecule has 0 spiro atoms. The van der Waals surface area contributed by atoms with Gasteiger partial charge in [0, 0.05) is 12.5 Å². The summed E-state index contributed by atoms with van der Waals surface area (Å²) in [6, 6.07) is 16.6. The van der Waals surface area contributed by atoms with Crippen molar-refractivity contribution in [2.45, 2.75) is 19.3 Å². The third-order valence-corrected chi connectivity index (χ3v) is 4.49. The molecular formula is C20H20N2O3. The average molecular weight is 336 g/mol. The molecule has 3 rings (SSSR count). The predicted molar refractivity (Wildman–Crippen MR) is 94.3 cm³/mol. The lowest BCUT2D eigenvalue weighted by Crippen LogP contribution is -2.41. The highest BCUT2D eigenvalue weighted by Gasteiger charge is 2.36. The molecule has 2 aromatic rings. The number of benzene rings is 2. The zero-order chi connectivity index (χ0) is 17.8. The highest BCUT2D eigenvalue weighted by atomic mass is 16.2. The van der Waals surface area contributed by atoms with E-state index in [0.717, 1.165) is 16.9 Å². The fourth-order valence-electron chi connectivity index (χ4n) is 3.04. The predicted octanol–water partition coefficient (Wildman–Crippen LogP) is 2.59. The number of rotatable bonds is 6. The Hall–Kier alpha value is -2.95. The molecule has 3 amide bonds. The lowest BCUT2D eigenvalue weighted by Gasteiger charge is -2.18. The Balaban J connectivity index is 1.60. The van der Waals surface area contributed by atoms with Crippen molar-refractivity contribution in [3.05, 3.63) is 71.3 Å². The second kappa shape index (κ2) is 7.30. The van der Waals surface area contributed by atoms with Crippen molar-refractivity contribution in [3.8, 4) is 0 Å². The van der Waals surface area contributed by atoms with E-state index in [-0.39, 0.29) is 18.4 Å². The molecule has 1 unspecified atom stereocenters. The molecule has 25 heavy (non-hydrogen) atoms. The molecule has 1 heterocycles. The number of nitrogens with zero attached hydrogens (tertiary/aromatic N) is 1. The quantitative estimate of drug-likeness (QED) is 0.825. The van der Waals surface area contributed by atoms with E-state index in [2.05, 4.69) is 12.2 Å². The summed E-state index contributed by atoms with van der Waals surface area (Å²) >= 11 is 0. The minimum absolute atomic E-state index is 0.201. The number of carbonyl (C=O) groups is 3. The van der Waals surface area contributed by atoms with Gasteiger partial charge in [0.15, 0.2) is 0 Å². The summed E-state index contributed by atoms with van der Waals surface area (Å²) in [5, 5.41) is 2.84. The smallest absolute Gasteiger partial charge is 0.262 e. The van der Waals surface area contributed by atoms with Crippen molar-refractivity contribution in [1.29, 1.82) is 0 Å². The molecule has 0 saturated carbocycles. The zero-order valence-electron chi connectivity index (χ0n) is 14.1. The van der Waals surface area contributed by atoms with Gasteiger partial charge in [0.25, 0.3) is 11.8 Å². The Bertz CT molecular complexity index is 767. The van der Waals surface area contributed by atoms with E-state index in [0.29, 0.717) is 17.7 Å². The lowest BCUT2D eigenvalue weighted by molar-refractivity contribution is -0.121. The van der Waals surface area contributed by atoms with Crippen LogP contribution in [0.15, 0.2) is 54.6 Å². The Morgan fingerprint density at radius 2 is 1.52 bits per heavy atom. The molecule has 0 radical (unpaired) electrons. The minimum atomic E-state index is -0.411. The van der Waals surface area contributed by atoms with Crippen molar-refractivity contribution in [3.63, 3.8) is 0 Å². The fourth-order valence-corrected chi connectivity index (χ4v) is 3.04. The summed E-state index contributed by atoms with van der Waals surface area (Å²) < 4.78 is 0. The van der Waals surface area contributed by atoms with E-state index in [9.17, 15) is 14.4 Å². The SMILES string of the molecule is CCC(CNC(=O)CN1C(=O)c2ccccc2C1=O)c1ccccc1. The Kier molecular flexibility index (Phi) is 4.93. The monoisotopic (exact) mass is 336 g/mol. The fraction of sp³-hybridized carbons (Fsp3) is 0.250. The first-order valence-corrected chi connectivity index (χ1v) is 8.38. The van der Waals surface area contributed by atoms with E-state index < -0.39 is 11.8 Å². The molecule has 0 bridgehead atoms. The van der Waals surface area contributed by atoms with Gasteiger partial charge in [-0.1, -0.05) is 49.4 Å². The van der Waals surface area contributed by atoms with Gasteiger partial charge >= 0.3 is 0 Å². The first kappa shape index (κ1) is 16.9. The first-order chi connectivity index (χ1) is 12.1. The average Bonchev–Trinajstić information content (AvgIpc) is 2.88. The van der Waals surface area contributed by atoms with Crippen LogP contribution in [-0.4, -0.2) is 35.7 Å². The van der Waals surface area contributed by atoms with E-state index in [1.807, 2.05) is 30.3 Å². The van der Waals surface area contributed by atoms with Gasteiger partial charge in [0.05, 0.1) is 11.1 Å². The number of amides is 3. The van der Waals surface area contributed by atoms with Crippen molar-refractivity contribution in [2.75, 3.05) is 13.1 Å². The summed E-state index contributed by atoms with van der Waals surface area (Å²) in [6.07, 6.45) is 0.886. The van der Waals surface area contributed by atoms with Gasteiger partial charge in [-0.05, 0) is 24.1 Å². The van der Waals surface area contributed by atoms with Crippen LogP contribution in [0.25, 0.3) is 0 Å². The molecule has 0 aromatic heterocycles. The Labute approximate surface area is 146 Å². The Morgan fingerprint density at radius 1 is 0.960 bits per heavy atom. The molecule has 1 aliphatic heterocycles. The van der Waals surface area contributed by atoms with E-state index in [4.69, 9.17) is 0 Å². The van der Waals surface area contributed by atoms with Gasteiger partial charge in [-0.15, -0.1) is 0 Å². The maximum Gasteiger partial charge on any atom is 0.262 e. The van der Waals surface area contributed by atoms with Crippen molar-refractivity contribution < 1.29 is 14.4 Å². The molecule has 5 nitrogen and oxygen atoms in total. The standard InChI is InChI=1S/C20H20N2O3/c1-2-14(15-8-4-3-5-9-15)12-21-18(23)13-22-19(24)16-10-6-7-11-17(16)20(22)25/h3-11,14H,2,12-13H2,1H3,(H,21,23). The third-order valence-electron chi connectivity index (χ3n) is 4.49. The molecule has 0 aliphatic carbocycles. The van der Waals surface area contributed by atoms with Crippen LogP contribution in [0.3, 0.4) is 0 Å². The van der Waals surface area contributed by atoms with Gasteiger partial charge in [-0.25, -0.2) is 0 Å². The summed E-state index contributed by atoms with van der Waals surface area (Å²) in [6.45, 7) is 2.29. The van der Waals surface area contributed by atoms with Crippen LogP contribution in [0.1, 0.15) is 45.5 Å². The van der Waals surface area contributed by atoms with E-state index in [1.54, 1.807) is 24.3 Å². The number of imide groups is 1. The van der Waals surface area contributed by atoms with Crippen molar-refractivity contribution in [1.82, 2.24) is 10.2 Å². The Morgan fingerprint density at radius 3 is 2.08 bits per heavy atom. The summed E-state index contributed by atoms with van der Waals surface area (Å²) in [4.78, 5) is 37.8. The second-order valence-corrected chi connectivity index (χ2v) is 6.06. The van der Waals surface area contributed by atoms with Crippen LogP contribution in [0.2, 0.25) is 0 Å². The summed E-state index contributed by atoms with van der Waals surface area (Å²) in [7, 11) is 0. The van der Waals surface area contributed by atoms with Crippen LogP contribution < -0.4 is 5.32 Å². The first-order valence-electron chi connectivity index (χ1n) is 8.38. The van der Waals surface area contributed by atoms with Crippen LogP contribution in [0.5, 0.6) is 0 Å². The normalized spacial score (nSPS) is 14.4. The summed E-state index contributed by atoms with van der Waals surface area (Å²) in [5.41, 5.74) is 1.87. The minimum Gasteiger partial charge on any atom is -0.354 e. The number of hydrogen-bond acceptors (Lipinski definition) is 3. The molecular weight excluding hydrogens is 316 g/mol. The van der Waals surface area contributed by atoms with Crippen molar-refractivity contribution in [2.24, 2.45) is 0 Å². The second-order valence-electron chi connectivity index (χ2n) is 6.06. The number of hydrogen-bond donors (Lipinski definition) is 1. The third kappa shape index (κ3) is 3.45. The number of fused-ring (bicyclic) bond motifs is 1. The zero-order valence-corrected chi connectivity index (χ0v) is 14.1. The molecule has 128 valence electrons. The topological polar surface area (TPSA) is 66.5 Å². The molecule has 0 saturated heterocycles. The van der Waals surface area contributed by atoms with Crippen LogP contribution in [0, 0.1) is 0 Å². The molecule has 1 atom stereocenters.